The fraction of sp³-hybridized carbons (Fsp3) is 0.406. The van der Waals surface area contributed by atoms with Gasteiger partial charge in [0, 0.05) is 11.1 Å². The summed E-state index contributed by atoms with van der Waals surface area (Å²) >= 11 is 0. The van der Waals surface area contributed by atoms with Crippen LogP contribution in [0.15, 0.2) is 58.1 Å². The second kappa shape index (κ2) is 12.3. The first kappa shape index (κ1) is 31.4. The van der Waals surface area contributed by atoms with E-state index in [0.29, 0.717) is 34.0 Å². The first-order valence-corrected chi connectivity index (χ1v) is 14.7. The summed E-state index contributed by atoms with van der Waals surface area (Å²) in [5, 5.41) is 10.1. The van der Waals surface area contributed by atoms with Crippen LogP contribution in [0.3, 0.4) is 0 Å². The van der Waals surface area contributed by atoms with E-state index in [-0.39, 0.29) is 17.8 Å². The van der Waals surface area contributed by atoms with Gasteiger partial charge in [0.2, 0.25) is 0 Å². The number of rotatable bonds is 9. The van der Waals surface area contributed by atoms with Crippen molar-refractivity contribution in [2.75, 3.05) is 27.4 Å². The highest BCUT2D eigenvalue weighted by atomic mass is 16.8. The van der Waals surface area contributed by atoms with Crippen molar-refractivity contribution in [1.82, 2.24) is 19.1 Å². The molecule has 2 fully saturated rings. The first-order valence-electron chi connectivity index (χ1n) is 14.7. The van der Waals surface area contributed by atoms with Gasteiger partial charge in [-0.05, 0) is 69.3 Å². The molecule has 0 radical (unpaired) electrons. The lowest BCUT2D eigenvalue weighted by Crippen LogP contribution is -2.46. The highest BCUT2D eigenvalue weighted by molar-refractivity contribution is 5.85. The van der Waals surface area contributed by atoms with Gasteiger partial charge >= 0.3 is 11.7 Å². The molecule has 6 rings (SSSR count). The van der Waals surface area contributed by atoms with Gasteiger partial charge in [-0.1, -0.05) is 0 Å². The Hall–Kier alpha value is -4.63. The largest absolute Gasteiger partial charge is 0.497 e. The minimum atomic E-state index is -1.20. The number of aromatic nitrogens is 4. The number of nitrogens with zero attached hydrogens (tertiary/aromatic N) is 4. The van der Waals surface area contributed by atoms with E-state index in [4.69, 9.17) is 38.4 Å². The zero-order valence-electron chi connectivity index (χ0n) is 26.0. The van der Waals surface area contributed by atoms with E-state index in [1.54, 1.807) is 83.5 Å². The maximum absolute atomic E-state index is 14.2. The van der Waals surface area contributed by atoms with Crippen LogP contribution >= 0.6 is 0 Å². The van der Waals surface area contributed by atoms with Gasteiger partial charge in [0.1, 0.15) is 36.4 Å². The van der Waals surface area contributed by atoms with E-state index in [0.717, 1.165) is 9.13 Å². The Morgan fingerprint density at radius 2 is 1.48 bits per heavy atom. The van der Waals surface area contributed by atoms with Crippen molar-refractivity contribution >= 4 is 17.1 Å². The summed E-state index contributed by atoms with van der Waals surface area (Å²) in [6.07, 6.45) is -3.64. The van der Waals surface area contributed by atoms with Gasteiger partial charge in [-0.2, -0.15) is 0 Å². The number of methoxy groups -OCH3 is 2. The second-order valence-electron chi connectivity index (χ2n) is 11.2. The summed E-state index contributed by atoms with van der Waals surface area (Å²) < 4.78 is 35.9. The molecule has 2 aromatic heterocycles. The van der Waals surface area contributed by atoms with Crippen molar-refractivity contribution in [2.24, 2.45) is 0 Å². The lowest BCUT2D eigenvalue weighted by molar-refractivity contribution is -0.200. The number of ether oxygens (including phenoxy) is 6. The van der Waals surface area contributed by atoms with Gasteiger partial charge in [-0.25, -0.2) is 23.9 Å². The Morgan fingerprint density at radius 1 is 0.913 bits per heavy atom. The number of aliphatic hydroxyl groups excluding tert-OH is 1. The van der Waals surface area contributed by atoms with Crippen LogP contribution in [-0.4, -0.2) is 81.7 Å². The number of carbonyl (C=O) groups is 1. The average molecular weight is 635 g/mol. The van der Waals surface area contributed by atoms with E-state index in [1.165, 1.54) is 0 Å². The maximum atomic E-state index is 14.2. The first-order chi connectivity index (χ1) is 22.1. The van der Waals surface area contributed by atoms with Crippen molar-refractivity contribution in [2.45, 2.75) is 57.6 Å². The smallest absolute Gasteiger partial charge is 0.335 e. The third-order valence-corrected chi connectivity index (χ3v) is 7.87. The fourth-order valence-corrected chi connectivity index (χ4v) is 5.79. The Kier molecular flexibility index (Phi) is 8.37. The van der Waals surface area contributed by atoms with E-state index in [1.807, 2.05) is 0 Å². The van der Waals surface area contributed by atoms with Gasteiger partial charge in [-0.3, -0.25) is 9.59 Å². The predicted molar refractivity (Wildman–Crippen MR) is 163 cm³/mol. The van der Waals surface area contributed by atoms with Crippen molar-refractivity contribution in [3.8, 4) is 34.0 Å². The minimum Gasteiger partial charge on any atom is -0.497 e. The topological polar surface area (TPSA) is 162 Å². The van der Waals surface area contributed by atoms with Gasteiger partial charge < -0.3 is 33.5 Å². The molecular weight excluding hydrogens is 600 g/mol. The lowest BCUT2D eigenvalue weighted by Gasteiger charge is -2.25. The standard InChI is InChI=1S/C32H34N4O10/c1-6-43-22(38)15-35-29(39)25-28(36(31(35)40)30-27-26(21(16-37)44-30)45-32(2,3)46-27)34-24(18-9-13-20(42-5)14-10-18)23(33-25)17-7-11-19(41-4)12-8-17/h7-14,21,26-27,30,37H,6,15-16H2,1-5H3/t21-,26-,27-,30-/m1/s1. The van der Waals surface area contributed by atoms with Gasteiger partial charge in [-0.15, -0.1) is 0 Å². The molecule has 242 valence electrons. The molecule has 14 heteroatoms. The number of aliphatic hydroxyl groups is 1. The molecule has 1 N–H and O–H groups in total. The Morgan fingerprint density at radius 3 is 2.02 bits per heavy atom. The van der Waals surface area contributed by atoms with Crippen LogP contribution in [0.1, 0.15) is 27.0 Å². The van der Waals surface area contributed by atoms with Gasteiger partial charge in [0.05, 0.1) is 38.8 Å². The Labute approximate surface area is 263 Å². The summed E-state index contributed by atoms with van der Waals surface area (Å²) in [5.41, 5.74) is -0.110. The molecule has 4 heterocycles. The molecule has 2 aliphatic heterocycles. The zero-order valence-corrected chi connectivity index (χ0v) is 26.0. The normalized spacial score (nSPS) is 21.7. The molecule has 4 atom stereocenters. The maximum Gasteiger partial charge on any atom is 0.335 e. The average Bonchev–Trinajstić information content (AvgIpc) is 3.55. The molecule has 0 aliphatic carbocycles. The van der Waals surface area contributed by atoms with Crippen molar-refractivity contribution in [3.63, 3.8) is 0 Å². The number of fused-ring (bicyclic) bond motifs is 2. The predicted octanol–water partition coefficient (Wildman–Crippen LogP) is 2.28. The molecule has 0 amide bonds. The molecule has 0 spiro atoms. The summed E-state index contributed by atoms with van der Waals surface area (Å²) in [6.45, 7) is 4.00. The number of esters is 1. The number of hydrogen-bond donors (Lipinski definition) is 1. The molecular formula is C32H34N4O10. The van der Waals surface area contributed by atoms with E-state index >= 15 is 0 Å². The van der Waals surface area contributed by atoms with Crippen LogP contribution in [0, 0.1) is 0 Å². The van der Waals surface area contributed by atoms with Crippen LogP contribution in [0.5, 0.6) is 11.5 Å². The highest BCUT2D eigenvalue weighted by Gasteiger charge is 2.56. The molecule has 14 nitrogen and oxygen atoms in total. The molecule has 0 bridgehead atoms. The summed E-state index contributed by atoms with van der Waals surface area (Å²) in [6, 6.07) is 14.1. The highest BCUT2D eigenvalue weighted by Crippen LogP contribution is 2.43. The minimum absolute atomic E-state index is 0.0515. The third kappa shape index (κ3) is 5.53. The molecule has 46 heavy (non-hydrogen) atoms. The summed E-state index contributed by atoms with van der Waals surface area (Å²) in [5.74, 6) is -0.609. The van der Waals surface area contributed by atoms with Crippen LogP contribution in [0.2, 0.25) is 0 Å². The molecule has 2 aromatic carbocycles. The van der Waals surface area contributed by atoms with Crippen molar-refractivity contribution in [1.29, 1.82) is 0 Å². The van der Waals surface area contributed by atoms with Crippen LogP contribution < -0.4 is 20.7 Å². The Bertz CT molecular complexity index is 1890. The number of hydrogen-bond acceptors (Lipinski definition) is 12. The van der Waals surface area contributed by atoms with E-state index in [9.17, 15) is 19.5 Å². The molecule has 2 aliphatic rings. The fourth-order valence-electron chi connectivity index (χ4n) is 5.79. The Balaban J connectivity index is 1.66. The quantitative estimate of drug-likeness (QED) is 0.268. The molecule has 4 aromatic rings. The second-order valence-corrected chi connectivity index (χ2v) is 11.2. The van der Waals surface area contributed by atoms with Gasteiger partial charge in [0.15, 0.2) is 23.2 Å². The van der Waals surface area contributed by atoms with Crippen LogP contribution in [-0.2, 0) is 30.3 Å². The summed E-state index contributed by atoms with van der Waals surface area (Å²) in [4.78, 5) is 50.5. The van der Waals surface area contributed by atoms with E-state index in [2.05, 4.69) is 0 Å². The summed E-state index contributed by atoms with van der Waals surface area (Å²) in [7, 11) is 3.11. The SMILES string of the molecule is CCOC(=O)Cn1c(=O)c2nc(-c3ccc(OC)cc3)c(-c3ccc(OC)cc3)nc2n([C@@H]2O[C@H](CO)[C@H]3OC(C)(C)O[C@H]32)c1=O. The monoisotopic (exact) mass is 634 g/mol. The molecule has 0 saturated carbocycles. The third-order valence-electron chi connectivity index (χ3n) is 7.87. The zero-order chi connectivity index (χ0) is 32.7. The van der Waals surface area contributed by atoms with Gasteiger partial charge in [0.25, 0.3) is 5.56 Å². The number of carbonyl (C=O) groups excluding carboxylic acids is 1. The lowest BCUT2D eigenvalue weighted by atomic mass is 10.0. The molecule has 0 unspecified atom stereocenters. The van der Waals surface area contributed by atoms with E-state index < -0.39 is 60.7 Å². The van der Waals surface area contributed by atoms with Crippen molar-refractivity contribution < 1.29 is 38.3 Å². The number of benzene rings is 2. The van der Waals surface area contributed by atoms with Crippen molar-refractivity contribution in [3.05, 3.63) is 69.4 Å². The van der Waals surface area contributed by atoms with Crippen LogP contribution in [0.25, 0.3) is 33.7 Å². The van der Waals surface area contributed by atoms with Crippen LogP contribution in [0.4, 0.5) is 0 Å². The molecule has 2 saturated heterocycles.